The van der Waals surface area contributed by atoms with Crippen molar-refractivity contribution in [3.8, 4) is 0 Å². The molecule has 0 saturated carbocycles. The molecule has 0 fully saturated rings. The van der Waals surface area contributed by atoms with Gasteiger partial charge in [-0.2, -0.15) is 15.0 Å². The highest BCUT2D eigenvalue weighted by molar-refractivity contribution is 5.00. The Morgan fingerprint density at radius 1 is 1.50 bits per heavy atom. The highest BCUT2D eigenvalue weighted by Gasteiger charge is 2.15. The van der Waals surface area contributed by atoms with Gasteiger partial charge in [-0.1, -0.05) is 13.8 Å². The van der Waals surface area contributed by atoms with E-state index in [9.17, 15) is 0 Å². The van der Waals surface area contributed by atoms with Crippen molar-refractivity contribution in [2.24, 2.45) is 13.0 Å². The minimum atomic E-state index is 0.304. The second kappa shape index (κ2) is 3.67. The third-order valence-corrected chi connectivity index (χ3v) is 1.91. The van der Waals surface area contributed by atoms with Crippen LogP contribution < -0.4 is 5.32 Å². The molecule has 1 unspecified atom stereocenters. The minimum absolute atomic E-state index is 0.304. The van der Waals surface area contributed by atoms with Crippen molar-refractivity contribution in [1.29, 1.82) is 0 Å². The fourth-order valence-electron chi connectivity index (χ4n) is 1.33. The van der Waals surface area contributed by atoms with Crippen LogP contribution in [0.5, 0.6) is 0 Å². The second-order valence-corrected chi connectivity index (χ2v) is 3.27. The summed E-state index contributed by atoms with van der Waals surface area (Å²) in [7, 11) is 3.77. The Morgan fingerprint density at radius 2 is 2.17 bits per heavy atom. The Hall–Kier alpha value is -0.900. The Morgan fingerprint density at radius 3 is 2.50 bits per heavy atom. The van der Waals surface area contributed by atoms with Crippen LogP contribution in [0.2, 0.25) is 0 Å². The van der Waals surface area contributed by atoms with E-state index < -0.39 is 0 Å². The number of rotatable bonds is 3. The molecule has 4 nitrogen and oxygen atoms in total. The van der Waals surface area contributed by atoms with Gasteiger partial charge in [-0.15, -0.1) is 0 Å². The third kappa shape index (κ3) is 1.82. The molecule has 12 heavy (non-hydrogen) atoms. The molecule has 1 atom stereocenters. The molecule has 0 aromatic carbocycles. The summed E-state index contributed by atoms with van der Waals surface area (Å²) >= 11 is 0. The lowest BCUT2D eigenvalue weighted by atomic mass is 10.0. The topological polar surface area (TPSA) is 42.7 Å². The van der Waals surface area contributed by atoms with Gasteiger partial charge in [0.25, 0.3) is 0 Å². The standard InChI is InChI=1S/C8H16N4/c1-6(2)8(9-3)7-5-10-12(4)11-7/h5-6,8-9H,1-4H3. The smallest absolute Gasteiger partial charge is 0.0998 e. The highest BCUT2D eigenvalue weighted by Crippen LogP contribution is 2.17. The van der Waals surface area contributed by atoms with Crippen LogP contribution in [-0.4, -0.2) is 22.0 Å². The van der Waals surface area contributed by atoms with Crippen LogP contribution in [0.15, 0.2) is 6.20 Å². The minimum Gasteiger partial charge on any atom is -0.311 e. The quantitative estimate of drug-likeness (QED) is 0.723. The van der Waals surface area contributed by atoms with Gasteiger partial charge in [-0.3, -0.25) is 0 Å². The Kier molecular flexibility index (Phi) is 2.81. The van der Waals surface area contributed by atoms with Crippen LogP contribution in [0.3, 0.4) is 0 Å². The van der Waals surface area contributed by atoms with E-state index in [4.69, 9.17) is 0 Å². The van der Waals surface area contributed by atoms with E-state index in [1.165, 1.54) is 0 Å². The SMILES string of the molecule is CNC(c1cnn(C)n1)C(C)C. The third-order valence-electron chi connectivity index (χ3n) is 1.91. The van der Waals surface area contributed by atoms with Gasteiger partial charge in [0.05, 0.1) is 17.9 Å². The Bertz CT molecular complexity index is 241. The average molecular weight is 168 g/mol. The van der Waals surface area contributed by atoms with Gasteiger partial charge in [-0.05, 0) is 13.0 Å². The van der Waals surface area contributed by atoms with E-state index in [0.717, 1.165) is 5.69 Å². The van der Waals surface area contributed by atoms with Gasteiger partial charge in [0.15, 0.2) is 0 Å². The molecular formula is C8H16N4. The van der Waals surface area contributed by atoms with E-state index in [-0.39, 0.29) is 0 Å². The summed E-state index contributed by atoms with van der Waals surface area (Å²) in [6.07, 6.45) is 1.81. The molecule has 1 aromatic heterocycles. The van der Waals surface area contributed by atoms with Gasteiger partial charge >= 0.3 is 0 Å². The van der Waals surface area contributed by atoms with Gasteiger partial charge in [-0.25, -0.2) is 0 Å². The van der Waals surface area contributed by atoms with Gasteiger partial charge in [0, 0.05) is 7.05 Å². The van der Waals surface area contributed by atoms with E-state index in [1.807, 2.05) is 14.1 Å². The van der Waals surface area contributed by atoms with Crippen molar-refractivity contribution in [1.82, 2.24) is 20.3 Å². The lowest BCUT2D eigenvalue weighted by Crippen LogP contribution is -2.22. The molecule has 0 aliphatic heterocycles. The van der Waals surface area contributed by atoms with Gasteiger partial charge in [0.1, 0.15) is 0 Å². The van der Waals surface area contributed by atoms with Crippen molar-refractivity contribution in [2.45, 2.75) is 19.9 Å². The molecule has 1 rings (SSSR count). The average Bonchev–Trinajstić information content (AvgIpc) is 2.37. The molecule has 0 saturated heterocycles. The van der Waals surface area contributed by atoms with Crippen LogP contribution in [0.25, 0.3) is 0 Å². The Labute approximate surface area is 73.0 Å². The van der Waals surface area contributed by atoms with Crippen LogP contribution in [-0.2, 0) is 7.05 Å². The van der Waals surface area contributed by atoms with E-state index >= 15 is 0 Å². The van der Waals surface area contributed by atoms with E-state index in [1.54, 1.807) is 11.0 Å². The molecule has 0 spiro atoms. The zero-order chi connectivity index (χ0) is 9.14. The van der Waals surface area contributed by atoms with Gasteiger partial charge in [0.2, 0.25) is 0 Å². The molecule has 68 valence electrons. The summed E-state index contributed by atoms with van der Waals surface area (Å²) in [5.41, 5.74) is 1.01. The molecule has 0 amide bonds. The van der Waals surface area contributed by atoms with Crippen molar-refractivity contribution in [2.75, 3.05) is 7.05 Å². The van der Waals surface area contributed by atoms with Crippen LogP contribution >= 0.6 is 0 Å². The monoisotopic (exact) mass is 168 g/mol. The van der Waals surface area contributed by atoms with Crippen LogP contribution in [0.1, 0.15) is 25.6 Å². The predicted octanol–water partition coefficient (Wildman–Crippen LogP) is 0.732. The molecule has 1 N–H and O–H groups in total. The van der Waals surface area contributed by atoms with Gasteiger partial charge < -0.3 is 5.32 Å². The lowest BCUT2D eigenvalue weighted by molar-refractivity contribution is 0.429. The van der Waals surface area contributed by atoms with Crippen molar-refractivity contribution < 1.29 is 0 Å². The van der Waals surface area contributed by atoms with Crippen molar-refractivity contribution >= 4 is 0 Å². The maximum atomic E-state index is 4.25. The molecule has 0 radical (unpaired) electrons. The highest BCUT2D eigenvalue weighted by atomic mass is 15.4. The summed E-state index contributed by atoms with van der Waals surface area (Å²) < 4.78 is 0. The fourth-order valence-corrected chi connectivity index (χ4v) is 1.33. The summed E-state index contributed by atoms with van der Waals surface area (Å²) in [4.78, 5) is 1.59. The summed E-state index contributed by atoms with van der Waals surface area (Å²) in [5.74, 6) is 0.534. The first kappa shape index (κ1) is 9.19. The number of hydrogen-bond acceptors (Lipinski definition) is 3. The number of nitrogens with one attached hydrogen (secondary N) is 1. The van der Waals surface area contributed by atoms with Crippen LogP contribution in [0, 0.1) is 5.92 Å². The zero-order valence-electron chi connectivity index (χ0n) is 8.07. The maximum absolute atomic E-state index is 4.25. The molecule has 0 aliphatic carbocycles. The molecule has 0 bridgehead atoms. The second-order valence-electron chi connectivity index (χ2n) is 3.27. The number of aryl methyl sites for hydroxylation is 1. The molecule has 1 heterocycles. The number of nitrogens with zero attached hydrogens (tertiary/aromatic N) is 3. The summed E-state index contributed by atoms with van der Waals surface area (Å²) in [6.45, 7) is 4.33. The molecule has 4 heteroatoms. The molecular weight excluding hydrogens is 152 g/mol. The number of aromatic nitrogens is 3. The van der Waals surface area contributed by atoms with Crippen molar-refractivity contribution in [3.05, 3.63) is 11.9 Å². The number of hydrogen-bond donors (Lipinski definition) is 1. The zero-order valence-corrected chi connectivity index (χ0v) is 8.07. The summed E-state index contributed by atoms with van der Waals surface area (Å²) in [5, 5.41) is 11.5. The first-order valence-electron chi connectivity index (χ1n) is 4.18. The maximum Gasteiger partial charge on any atom is 0.0998 e. The lowest BCUT2D eigenvalue weighted by Gasteiger charge is -2.16. The van der Waals surface area contributed by atoms with Crippen LogP contribution in [0.4, 0.5) is 0 Å². The first-order valence-corrected chi connectivity index (χ1v) is 4.18. The summed E-state index contributed by atoms with van der Waals surface area (Å²) in [6, 6.07) is 0.304. The normalized spacial score (nSPS) is 13.8. The predicted molar refractivity (Wildman–Crippen MR) is 47.6 cm³/mol. The Balaban J connectivity index is 2.80. The van der Waals surface area contributed by atoms with Crippen molar-refractivity contribution in [3.63, 3.8) is 0 Å². The fraction of sp³-hybridized carbons (Fsp3) is 0.750. The largest absolute Gasteiger partial charge is 0.311 e. The first-order chi connectivity index (χ1) is 5.65. The molecule has 1 aromatic rings. The van der Waals surface area contributed by atoms with E-state index in [2.05, 4.69) is 29.4 Å². The van der Waals surface area contributed by atoms with E-state index in [0.29, 0.717) is 12.0 Å². The molecule has 0 aliphatic rings.